The van der Waals surface area contributed by atoms with Crippen LogP contribution >= 0.6 is 0 Å². The molecule has 0 saturated heterocycles. The highest BCUT2D eigenvalue weighted by Crippen LogP contribution is 2.23. The third-order valence-corrected chi connectivity index (χ3v) is 5.83. The van der Waals surface area contributed by atoms with Crippen LogP contribution in [0.1, 0.15) is 57.7 Å². The van der Waals surface area contributed by atoms with E-state index >= 15 is 0 Å². The van der Waals surface area contributed by atoms with E-state index in [2.05, 4.69) is 19.9 Å². The van der Waals surface area contributed by atoms with Crippen LogP contribution in [0.15, 0.2) is 65.6 Å². The van der Waals surface area contributed by atoms with Gasteiger partial charge in [0.25, 0.3) is 5.56 Å². The highest BCUT2D eigenvalue weighted by atomic mass is 19.1. The number of rotatable bonds is 8. The second-order valence-corrected chi connectivity index (χ2v) is 10.5. The Bertz CT molecular complexity index is 1330. The van der Waals surface area contributed by atoms with Crippen LogP contribution in [0.3, 0.4) is 0 Å². The zero-order valence-electron chi connectivity index (χ0n) is 22.1. The summed E-state index contributed by atoms with van der Waals surface area (Å²) in [7, 11) is 0. The maximum atomic E-state index is 14.3. The van der Waals surface area contributed by atoms with Gasteiger partial charge in [0.05, 0.1) is 6.54 Å². The Hall–Kier alpha value is -3.92. The Labute approximate surface area is 217 Å². The van der Waals surface area contributed by atoms with Gasteiger partial charge >= 0.3 is 6.09 Å². The standard InChI is InChI=1S/C30H34FN3O3/c1-21(2)14-16-33-17-15-25(26(18-32)28(33)35)23-12-10-22(11-13-23)19-34(29(36)37-30(3,4)5)20-24-8-6-7-9-27(24)31/h6-13,15,17,21H,14,16,19-20H2,1-5H3. The number of hydrogen-bond donors (Lipinski definition) is 0. The van der Waals surface area contributed by atoms with Gasteiger partial charge in [-0.2, -0.15) is 5.26 Å². The molecule has 0 radical (unpaired) electrons. The maximum absolute atomic E-state index is 14.3. The van der Waals surface area contributed by atoms with E-state index in [4.69, 9.17) is 4.74 Å². The van der Waals surface area contributed by atoms with E-state index in [1.165, 1.54) is 11.0 Å². The molecule has 1 heterocycles. The SMILES string of the molecule is CC(C)CCn1ccc(-c2ccc(CN(Cc3ccccc3F)C(=O)OC(C)(C)C)cc2)c(C#N)c1=O. The summed E-state index contributed by atoms with van der Waals surface area (Å²) in [5.41, 5.74) is 1.59. The molecule has 0 atom stereocenters. The van der Waals surface area contributed by atoms with Crippen molar-refractivity contribution in [1.82, 2.24) is 9.47 Å². The lowest BCUT2D eigenvalue weighted by Gasteiger charge is -2.28. The molecule has 0 aliphatic rings. The van der Waals surface area contributed by atoms with Crippen LogP contribution in [-0.4, -0.2) is 21.2 Å². The van der Waals surface area contributed by atoms with Crippen molar-refractivity contribution in [3.8, 4) is 17.2 Å². The van der Waals surface area contributed by atoms with Gasteiger partial charge in [0.2, 0.25) is 0 Å². The van der Waals surface area contributed by atoms with Gasteiger partial charge in [-0.25, -0.2) is 9.18 Å². The van der Waals surface area contributed by atoms with Crippen molar-refractivity contribution in [3.05, 3.63) is 93.7 Å². The molecule has 0 fully saturated rings. The first-order valence-corrected chi connectivity index (χ1v) is 12.4. The van der Waals surface area contributed by atoms with Crippen molar-refractivity contribution in [1.29, 1.82) is 5.26 Å². The largest absolute Gasteiger partial charge is 0.444 e. The normalized spacial score (nSPS) is 11.3. The minimum absolute atomic E-state index is 0.0521. The summed E-state index contributed by atoms with van der Waals surface area (Å²) in [6.45, 7) is 10.3. The first-order valence-electron chi connectivity index (χ1n) is 12.4. The molecule has 3 rings (SSSR count). The Morgan fingerprint density at radius 1 is 1.08 bits per heavy atom. The number of pyridine rings is 1. The van der Waals surface area contributed by atoms with Crippen molar-refractivity contribution in [3.63, 3.8) is 0 Å². The molecule has 2 aromatic carbocycles. The smallest absolute Gasteiger partial charge is 0.410 e. The summed E-state index contributed by atoms with van der Waals surface area (Å²) in [6, 6.07) is 17.5. The molecule has 7 heteroatoms. The van der Waals surface area contributed by atoms with E-state index in [-0.39, 0.29) is 24.2 Å². The molecule has 37 heavy (non-hydrogen) atoms. The number of nitriles is 1. The molecule has 6 nitrogen and oxygen atoms in total. The van der Waals surface area contributed by atoms with Crippen molar-refractivity contribution in [2.45, 2.75) is 66.3 Å². The molecular weight excluding hydrogens is 469 g/mol. The topological polar surface area (TPSA) is 75.3 Å². The number of aryl methyl sites for hydroxylation is 1. The van der Waals surface area contributed by atoms with E-state index in [9.17, 15) is 19.2 Å². The molecule has 3 aromatic rings. The second-order valence-electron chi connectivity index (χ2n) is 10.5. The highest BCUT2D eigenvalue weighted by Gasteiger charge is 2.23. The number of halogens is 1. The highest BCUT2D eigenvalue weighted by molar-refractivity contribution is 5.70. The minimum Gasteiger partial charge on any atom is -0.444 e. The Kier molecular flexibility index (Phi) is 8.88. The molecule has 1 aromatic heterocycles. The molecule has 0 aliphatic heterocycles. The van der Waals surface area contributed by atoms with Crippen LogP contribution in [0.25, 0.3) is 11.1 Å². The average Bonchev–Trinajstić information content (AvgIpc) is 2.83. The summed E-state index contributed by atoms with van der Waals surface area (Å²) in [6.07, 6.45) is 2.03. The summed E-state index contributed by atoms with van der Waals surface area (Å²) >= 11 is 0. The van der Waals surface area contributed by atoms with Gasteiger partial charge in [-0.15, -0.1) is 0 Å². The second kappa shape index (κ2) is 11.9. The van der Waals surface area contributed by atoms with Gasteiger partial charge < -0.3 is 9.30 Å². The van der Waals surface area contributed by atoms with Crippen LogP contribution in [0.2, 0.25) is 0 Å². The van der Waals surface area contributed by atoms with Gasteiger partial charge in [0.1, 0.15) is 23.1 Å². The average molecular weight is 504 g/mol. The number of amides is 1. The molecule has 0 bridgehead atoms. The predicted molar refractivity (Wildman–Crippen MR) is 142 cm³/mol. The molecule has 0 unspecified atom stereocenters. The molecule has 0 saturated carbocycles. The lowest BCUT2D eigenvalue weighted by Crippen LogP contribution is -2.36. The Balaban J connectivity index is 1.86. The van der Waals surface area contributed by atoms with Crippen LogP contribution in [0, 0.1) is 23.1 Å². The van der Waals surface area contributed by atoms with E-state index < -0.39 is 17.5 Å². The molecule has 0 aliphatic carbocycles. The monoisotopic (exact) mass is 503 g/mol. The summed E-state index contributed by atoms with van der Waals surface area (Å²) in [4.78, 5) is 27.2. The third kappa shape index (κ3) is 7.53. The Morgan fingerprint density at radius 2 is 1.76 bits per heavy atom. The Morgan fingerprint density at radius 3 is 2.35 bits per heavy atom. The number of carbonyl (C=O) groups is 1. The van der Waals surface area contributed by atoms with E-state index in [1.54, 1.807) is 55.8 Å². The lowest BCUT2D eigenvalue weighted by molar-refractivity contribution is 0.0215. The van der Waals surface area contributed by atoms with Gasteiger partial charge in [-0.3, -0.25) is 9.69 Å². The van der Waals surface area contributed by atoms with Crippen LogP contribution in [-0.2, 0) is 24.4 Å². The van der Waals surface area contributed by atoms with E-state index in [0.717, 1.165) is 17.5 Å². The molecule has 1 amide bonds. The summed E-state index contributed by atoms with van der Waals surface area (Å²) < 4.78 is 21.5. The van der Waals surface area contributed by atoms with Crippen LogP contribution in [0.5, 0.6) is 0 Å². The number of nitrogens with zero attached hydrogens (tertiary/aromatic N) is 3. The molecular formula is C30H34FN3O3. The summed E-state index contributed by atoms with van der Waals surface area (Å²) in [5.74, 6) is 0.0573. The molecule has 0 spiro atoms. The lowest BCUT2D eigenvalue weighted by atomic mass is 10.0. The van der Waals surface area contributed by atoms with Crippen molar-refractivity contribution in [2.24, 2.45) is 5.92 Å². The first kappa shape index (κ1) is 27.7. The zero-order valence-corrected chi connectivity index (χ0v) is 22.1. The predicted octanol–water partition coefficient (Wildman–Crippen LogP) is 6.51. The number of carbonyl (C=O) groups excluding carboxylic acids is 1. The van der Waals surface area contributed by atoms with Crippen LogP contribution in [0.4, 0.5) is 9.18 Å². The van der Waals surface area contributed by atoms with Crippen molar-refractivity contribution >= 4 is 6.09 Å². The fourth-order valence-electron chi connectivity index (χ4n) is 3.85. The fourth-order valence-corrected chi connectivity index (χ4v) is 3.85. The number of ether oxygens (including phenoxy) is 1. The van der Waals surface area contributed by atoms with E-state index in [1.807, 2.05) is 24.3 Å². The van der Waals surface area contributed by atoms with Gasteiger partial charge in [-0.1, -0.05) is 56.3 Å². The number of benzene rings is 2. The van der Waals surface area contributed by atoms with Gasteiger partial charge in [-0.05, 0) is 56.4 Å². The van der Waals surface area contributed by atoms with Gasteiger partial charge in [0.15, 0.2) is 0 Å². The number of hydrogen-bond acceptors (Lipinski definition) is 4. The first-order chi connectivity index (χ1) is 17.5. The van der Waals surface area contributed by atoms with Crippen molar-refractivity contribution in [2.75, 3.05) is 0 Å². The quantitative estimate of drug-likeness (QED) is 0.351. The van der Waals surface area contributed by atoms with Crippen LogP contribution < -0.4 is 5.56 Å². The summed E-state index contributed by atoms with van der Waals surface area (Å²) in [5, 5.41) is 9.70. The molecule has 194 valence electrons. The van der Waals surface area contributed by atoms with Crippen molar-refractivity contribution < 1.29 is 13.9 Å². The minimum atomic E-state index is -0.697. The number of aromatic nitrogens is 1. The van der Waals surface area contributed by atoms with E-state index in [0.29, 0.717) is 23.6 Å². The fraction of sp³-hybridized carbons (Fsp3) is 0.367. The maximum Gasteiger partial charge on any atom is 0.410 e. The molecule has 0 N–H and O–H groups in total. The zero-order chi connectivity index (χ0) is 27.2. The van der Waals surface area contributed by atoms with Gasteiger partial charge in [0, 0.05) is 30.4 Å². The third-order valence-electron chi connectivity index (χ3n) is 5.83.